The summed E-state index contributed by atoms with van der Waals surface area (Å²) in [6, 6.07) is 12.3. The highest BCUT2D eigenvalue weighted by molar-refractivity contribution is 9.10. The lowest BCUT2D eigenvalue weighted by molar-refractivity contribution is 0.0784. The molecule has 0 aromatic heterocycles. The molecule has 0 fully saturated rings. The third-order valence-electron chi connectivity index (χ3n) is 2.93. The highest BCUT2D eigenvalue weighted by atomic mass is 79.9. The Labute approximate surface area is 126 Å². The van der Waals surface area contributed by atoms with Gasteiger partial charge in [-0.2, -0.15) is 0 Å². The van der Waals surface area contributed by atoms with Crippen LogP contribution in [-0.4, -0.2) is 23.0 Å². The molecule has 0 saturated heterocycles. The number of anilines is 1. The number of phenolic OH excluding ortho intramolecular Hbond substituents is 1. The number of carbonyl (C=O) groups is 1. The van der Waals surface area contributed by atoms with Crippen LogP contribution in [0.25, 0.3) is 0 Å². The Balaban J connectivity index is 2.14. The zero-order valence-electron chi connectivity index (χ0n) is 11.0. The molecule has 0 spiro atoms. The summed E-state index contributed by atoms with van der Waals surface area (Å²) in [5.74, 6) is -0.244. The van der Waals surface area contributed by atoms with Crippen molar-refractivity contribution in [1.82, 2.24) is 4.90 Å². The zero-order chi connectivity index (χ0) is 14.7. The molecule has 0 unspecified atom stereocenters. The van der Waals surface area contributed by atoms with Crippen LogP contribution in [0.3, 0.4) is 0 Å². The van der Waals surface area contributed by atoms with Crippen LogP contribution >= 0.6 is 15.9 Å². The number of phenols is 1. The lowest BCUT2D eigenvalue weighted by Crippen LogP contribution is -2.26. The molecule has 4 nitrogen and oxygen atoms in total. The van der Waals surface area contributed by atoms with Gasteiger partial charge >= 0.3 is 0 Å². The SMILES string of the molecule is CN(Cc1cccc(Br)c1)C(=O)c1ccc(N)c(O)c1. The molecule has 2 aromatic carbocycles. The number of nitrogens with two attached hydrogens (primary N) is 1. The fraction of sp³-hybridized carbons (Fsp3) is 0.133. The quantitative estimate of drug-likeness (QED) is 0.669. The van der Waals surface area contributed by atoms with Gasteiger partial charge in [0, 0.05) is 23.6 Å². The minimum absolute atomic E-state index is 0.0771. The van der Waals surface area contributed by atoms with Gasteiger partial charge in [-0.25, -0.2) is 0 Å². The first kappa shape index (κ1) is 14.4. The Kier molecular flexibility index (Phi) is 4.29. The number of nitrogens with zero attached hydrogens (tertiary/aromatic N) is 1. The van der Waals surface area contributed by atoms with E-state index in [-0.39, 0.29) is 17.3 Å². The summed E-state index contributed by atoms with van der Waals surface area (Å²) < 4.78 is 0.973. The third-order valence-corrected chi connectivity index (χ3v) is 3.43. The van der Waals surface area contributed by atoms with E-state index in [1.807, 2.05) is 24.3 Å². The number of aromatic hydroxyl groups is 1. The molecule has 0 aliphatic carbocycles. The molecule has 5 heteroatoms. The van der Waals surface area contributed by atoms with E-state index in [4.69, 9.17) is 5.73 Å². The second-order valence-corrected chi connectivity index (χ2v) is 5.48. The lowest BCUT2D eigenvalue weighted by Gasteiger charge is -2.18. The van der Waals surface area contributed by atoms with Crippen LogP contribution in [0.1, 0.15) is 15.9 Å². The monoisotopic (exact) mass is 334 g/mol. The van der Waals surface area contributed by atoms with E-state index in [0.29, 0.717) is 12.1 Å². The van der Waals surface area contributed by atoms with Gasteiger partial charge in [0.05, 0.1) is 5.69 Å². The summed E-state index contributed by atoms with van der Waals surface area (Å²) in [5, 5.41) is 9.55. The maximum absolute atomic E-state index is 12.3. The van der Waals surface area contributed by atoms with Crippen molar-refractivity contribution in [3.63, 3.8) is 0 Å². The first-order valence-corrected chi connectivity index (χ1v) is 6.85. The van der Waals surface area contributed by atoms with Gasteiger partial charge in [0.2, 0.25) is 0 Å². The molecule has 2 rings (SSSR count). The molecule has 1 amide bonds. The van der Waals surface area contributed by atoms with Crippen molar-refractivity contribution in [2.24, 2.45) is 0 Å². The normalized spacial score (nSPS) is 10.3. The second kappa shape index (κ2) is 5.96. The number of rotatable bonds is 3. The molecule has 2 aromatic rings. The summed E-state index contributed by atoms with van der Waals surface area (Å²) in [6.07, 6.45) is 0. The van der Waals surface area contributed by atoms with Gasteiger partial charge in [-0.15, -0.1) is 0 Å². The Morgan fingerprint density at radius 3 is 2.70 bits per heavy atom. The molecule has 0 atom stereocenters. The Morgan fingerprint density at radius 2 is 2.05 bits per heavy atom. The lowest BCUT2D eigenvalue weighted by atomic mass is 10.1. The van der Waals surface area contributed by atoms with E-state index in [1.54, 1.807) is 18.0 Å². The van der Waals surface area contributed by atoms with Gasteiger partial charge in [0.15, 0.2) is 0 Å². The van der Waals surface area contributed by atoms with Crippen LogP contribution < -0.4 is 5.73 Å². The number of halogens is 1. The van der Waals surface area contributed by atoms with E-state index in [9.17, 15) is 9.90 Å². The highest BCUT2D eigenvalue weighted by Gasteiger charge is 2.13. The van der Waals surface area contributed by atoms with Crippen molar-refractivity contribution < 1.29 is 9.90 Å². The Bertz CT molecular complexity index is 644. The number of carbonyl (C=O) groups excluding carboxylic acids is 1. The fourth-order valence-electron chi connectivity index (χ4n) is 1.88. The van der Waals surface area contributed by atoms with Gasteiger partial charge < -0.3 is 15.7 Å². The van der Waals surface area contributed by atoms with Crippen molar-refractivity contribution in [2.75, 3.05) is 12.8 Å². The van der Waals surface area contributed by atoms with Gasteiger partial charge in [0.1, 0.15) is 5.75 Å². The van der Waals surface area contributed by atoms with E-state index < -0.39 is 0 Å². The minimum atomic E-state index is -0.166. The molecule has 0 aliphatic heterocycles. The Morgan fingerprint density at radius 1 is 1.30 bits per heavy atom. The molecule has 0 radical (unpaired) electrons. The summed E-state index contributed by atoms with van der Waals surface area (Å²) in [5.41, 5.74) is 7.22. The number of amides is 1. The van der Waals surface area contributed by atoms with Crippen LogP contribution in [-0.2, 0) is 6.54 Å². The van der Waals surface area contributed by atoms with Crippen LogP contribution in [0, 0.1) is 0 Å². The molecule has 3 N–H and O–H groups in total. The first-order valence-electron chi connectivity index (χ1n) is 6.06. The number of hydrogen-bond acceptors (Lipinski definition) is 3. The van der Waals surface area contributed by atoms with Gasteiger partial charge in [0.25, 0.3) is 5.91 Å². The first-order chi connectivity index (χ1) is 9.47. The summed E-state index contributed by atoms with van der Waals surface area (Å²) in [4.78, 5) is 13.8. The van der Waals surface area contributed by atoms with E-state index >= 15 is 0 Å². The topological polar surface area (TPSA) is 66.6 Å². The van der Waals surface area contributed by atoms with Crippen LogP contribution in [0.15, 0.2) is 46.9 Å². The largest absolute Gasteiger partial charge is 0.506 e. The average molecular weight is 335 g/mol. The van der Waals surface area contributed by atoms with E-state index in [0.717, 1.165) is 10.0 Å². The number of nitrogen functional groups attached to an aromatic ring is 1. The van der Waals surface area contributed by atoms with Crippen molar-refractivity contribution in [3.05, 3.63) is 58.1 Å². The average Bonchev–Trinajstić information content (AvgIpc) is 2.41. The zero-order valence-corrected chi connectivity index (χ0v) is 12.6. The van der Waals surface area contributed by atoms with Crippen LogP contribution in [0.2, 0.25) is 0 Å². The predicted octanol–water partition coefficient (Wildman–Crippen LogP) is 3.01. The van der Waals surface area contributed by atoms with Crippen molar-refractivity contribution in [2.45, 2.75) is 6.54 Å². The van der Waals surface area contributed by atoms with Crippen molar-refractivity contribution in [3.8, 4) is 5.75 Å². The summed E-state index contributed by atoms with van der Waals surface area (Å²) in [6.45, 7) is 0.489. The molecule has 0 saturated carbocycles. The van der Waals surface area contributed by atoms with E-state index in [2.05, 4.69) is 15.9 Å². The predicted molar refractivity (Wildman–Crippen MR) is 82.5 cm³/mol. The van der Waals surface area contributed by atoms with Crippen LogP contribution in [0.4, 0.5) is 5.69 Å². The molecule has 20 heavy (non-hydrogen) atoms. The van der Waals surface area contributed by atoms with Crippen molar-refractivity contribution >= 4 is 27.5 Å². The smallest absolute Gasteiger partial charge is 0.254 e. The van der Waals surface area contributed by atoms with Crippen molar-refractivity contribution in [1.29, 1.82) is 0 Å². The Hall–Kier alpha value is -2.01. The van der Waals surface area contributed by atoms with Gasteiger partial charge in [-0.3, -0.25) is 4.79 Å². The molecule has 0 heterocycles. The number of benzene rings is 2. The molecular formula is C15H15BrN2O2. The maximum atomic E-state index is 12.3. The summed E-state index contributed by atoms with van der Waals surface area (Å²) in [7, 11) is 1.72. The minimum Gasteiger partial charge on any atom is -0.506 e. The van der Waals surface area contributed by atoms with Gasteiger partial charge in [-0.05, 0) is 35.9 Å². The molecular weight excluding hydrogens is 320 g/mol. The standard InChI is InChI=1S/C15H15BrN2O2/c1-18(9-10-3-2-4-12(16)7-10)15(20)11-5-6-13(17)14(19)8-11/h2-8,19H,9,17H2,1H3. The van der Waals surface area contributed by atoms with E-state index in [1.165, 1.54) is 12.1 Å². The maximum Gasteiger partial charge on any atom is 0.254 e. The molecule has 0 bridgehead atoms. The molecule has 0 aliphatic rings. The van der Waals surface area contributed by atoms with Gasteiger partial charge in [-0.1, -0.05) is 28.1 Å². The number of hydrogen-bond donors (Lipinski definition) is 2. The summed E-state index contributed by atoms with van der Waals surface area (Å²) >= 11 is 3.40. The fourth-order valence-corrected chi connectivity index (χ4v) is 2.32. The molecule has 104 valence electrons. The third kappa shape index (κ3) is 3.30. The van der Waals surface area contributed by atoms with Crippen LogP contribution in [0.5, 0.6) is 5.75 Å². The highest BCUT2D eigenvalue weighted by Crippen LogP contribution is 2.22. The second-order valence-electron chi connectivity index (χ2n) is 4.56.